The van der Waals surface area contributed by atoms with E-state index >= 15 is 0 Å². The molecular weight excluding hydrogens is 272 g/mol. The Labute approximate surface area is 83.3 Å². The number of halogens is 5. The van der Waals surface area contributed by atoms with Crippen LogP contribution in [-0.2, 0) is 0 Å². The molecule has 0 aliphatic carbocycles. The molecule has 14 heavy (non-hydrogen) atoms. The summed E-state index contributed by atoms with van der Waals surface area (Å²) in [6.07, 6.45) is 0. The van der Waals surface area contributed by atoms with Gasteiger partial charge in [0.15, 0.2) is 23.3 Å². The van der Waals surface area contributed by atoms with Crippen molar-refractivity contribution in [3.05, 3.63) is 33.3 Å². The van der Waals surface area contributed by atoms with Crippen molar-refractivity contribution in [2.24, 2.45) is 0 Å². The molecule has 7 heteroatoms. The Hall–Kier alpha value is -1.11. The van der Waals surface area contributed by atoms with Crippen LogP contribution in [0.15, 0.2) is 4.47 Å². The molecule has 0 saturated heterocycles. The second kappa shape index (κ2) is 3.56. The zero-order valence-corrected chi connectivity index (χ0v) is 7.83. The van der Waals surface area contributed by atoms with Crippen LogP contribution in [0, 0.1) is 23.3 Å². The summed E-state index contributed by atoms with van der Waals surface area (Å²) in [5, 5.41) is 8.30. The number of carboxylic acids is 1. The largest absolute Gasteiger partial charge is 0.477 e. The van der Waals surface area contributed by atoms with Crippen molar-refractivity contribution in [2.75, 3.05) is 0 Å². The Morgan fingerprint density at radius 2 is 1.50 bits per heavy atom. The van der Waals surface area contributed by atoms with Crippen molar-refractivity contribution < 1.29 is 27.5 Å². The maximum atomic E-state index is 12.9. The Balaban J connectivity index is 3.68. The zero-order chi connectivity index (χ0) is 11.0. The van der Waals surface area contributed by atoms with Crippen molar-refractivity contribution in [2.45, 2.75) is 0 Å². The van der Waals surface area contributed by atoms with E-state index < -0.39 is 39.3 Å². The van der Waals surface area contributed by atoms with Gasteiger partial charge >= 0.3 is 5.97 Å². The van der Waals surface area contributed by atoms with Gasteiger partial charge in [-0.3, -0.25) is 0 Å². The van der Waals surface area contributed by atoms with Crippen molar-refractivity contribution >= 4 is 21.9 Å². The predicted molar refractivity (Wildman–Crippen MR) is 40.9 cm³/mol. The van der Waals surface area contributed by atoms with Gasteiger partial charge in [0, 0.05) is 0 Å². The summed E-state index contributed by atoms with van der Waals surface area (Å²) in [5.74, 6) is -9.59. The molecule has 0 amide bonds. The first-order chi connectivity index (χ1) is 6.37. The molecule has 1 aromatic carbocycles. The van der Waals surface area contributed by atoms with Crippen LogP contribution in [0.3, 0.4) is 0 Å². The molecule has 0 atom stereocenters. The van der Waals surface area contributed by atoms with E-state index in [4.69, 9.17) is 5.11 Å². The van der Waals surface area contributed by atoms with Gasteiger partial charge in [0.1, 0.15) is 5.56 Å². The van der Waals surface area contributed by atoms with Crippen LogP contribution in [0.1, 0.15) is 10.4 Å². The highest BCUT2D eigenvalue weighted by Crippen LogP contribution is 2.27. The third kappa shape index (κ3) is 1.47. The Morgan fingerprint density at radius 1 is 1.00 bits per heavy atom. The van der Waals surface area contributed by atoms with Crippen LogP contribution in [0.4, 0.5) is 17.6 Å². The van der Waals surface area contributed by atoms with Gasteiger partial charge in [-0.15, -0.1) is 0 Å². The van der Waals surface area contributed by atoms with Crippen LogP contribution in [0.25, 0.3) is 0 Å². The molecule has 0 radical (unpaired) electrons. The van der Waals surface area contributed by atoms with Gasteiger partial charge in [0.25, 0.3) is 0 Å². The summed E-state index contributed by atoms with van der Waals surface area (Å²) in [6, 6.07) is 0. The summed E-state index contributed by atoms with van der Waals surface area (Å²) in [6.45, 7) is 0. The lowest BCUT2D eigenvalue weighted by Gasteiger charge is -2.04. The molecule has 1 rings (SSSR count). The number of hydrogen-bond acceptors (Lipinski definition) is 1. The van der Waals surface area contributed by atoms with E-state index in [0.717, 1.165) is 0 Å². The maximum absolute atomic E-state index is 12.9. The highest BCUT2D eigenvalue weighted by atomic mass is 79.9. The Bertz CT molecular complexity index is 390. The molecule has 0 saturated carbocycles. The fourth-order valence-corrected chi connectivity index (χ4v) is 1.16. The van der Waals surface area contributed by atoms with E-state index in [0.29, 0.717) is 0 Å². The highest BCUT2D eigenvalue weighted by Gasteiger charge is 2.27. The van der Waals surface area contributed by atoms with Gasteiger partial charge in [-0.05, 0) is 15.9 Å². The third-order valence-corrected chi connectivity index (χ3v) is 2.12. The number of rotatable bonds is 1. The first kappa shape index (κ1) is 11.0. The predicted octanol–water partition coefficient (Wildman–Crippen LogP) is 2.70. The fraction of sp³-hybridized carbons (Fsp3) is 0. The molecule has 0 aliphatic heterocycles. The molecule has 0 spiro atoms. The molecule has 1 N–H and O–H groups in total. The van der Waals surface area contributed by atoms with E-state index in [2.05, 4.69) is 15.9 Å². The van der Waals surface area contributed by atoms with E-state index in [-0.39, 0.29) is 0 Å². The van der Waals surface area contributed by atoms with Gasteiger partial charge in [-0.1, -0.05) is 0 Å². The lowest BCUT2D eigenvalue weighted by Crippen LogP contribution is -2.09. The average molecular weight is 273 g/mol. The number of carboxylic acid groups (broad SMARTS) is 1. The second-order valence-electron chi connectivity index (χ2n) is 2.25. The van der Waals surface area contributed by atoms with Crippen LogP contribution in [-0.4, -0.2) is 11.1 Å². The minimum absolute atomic E-state index is 1.05. The summed E-state index contributed by atoms with van der Waals surface area (Å²) in [4.78, 5) is 10.3. The van der Waals surface area contributed by atoms with Crippen LogP contribution >= 0.6 is 15.9 Å². The van der Waals surface area contributed by atoms with Crippen LogP contribution in [0.2, 0.25) is 0 Å². The average Bonchev–Trinajstić information content (AvgIpc) is 2.11. The first-order valence-electron chi connectivity index (χ1n) is 3.12. The van der Waals surface area contributed by atoms with E-state index in [9.17, 15) is 22.4 Å². The van der Waals surface area contributed by atoms with Crippen molar-refractivity contribution in [3.63, 3.8) is 0 Å². The van der Waals surface area contributed by atoms with Crippen LogP contribution < -0.4 is 0 Å². The van der Waals surface area contributed by atoms with Crippen molar-refractivity contribution in [3.8, 4) is 0 Å². The van der Waals surface area contributed by atoms with Gasteiger partial charge in [0.05, 0.1) is 4.47 Å². The van der Waals surface area contributed by atoms with E-state index in [1.54, 1.807) is 0 Å². The lowest BCUT2D eigenvalue weighted by molar-refractivity contribution is 0.0684. The minimum Gasteiger partial charge on any atom is -0.477 e. The third-order valence-electron chi connectivity index (χ3n) is 1.42. The molecule has 1 aromatic rings. The number of carbonyl (C=O) groups is 1. The van der Waals surface area contributed by atoms with Crippen LogP contribution in [0.5, 0.6) is 0 Å². The molecule has 0 unspecified atom stereocenters. The standard InChI is InChI=1S/C7HBrF4O2/c8-2-3(9)1(7(13)14)4(10)6(12)5(2)11/h(H,13,14). The molecular formula is C7HBrF4O2. The lowest BCUT2D eigenvalue weighted by atomic mass is 10.2. The summed E-state index contributed by atoms with van der Waals surface area (Å²) < 4.78 is 49.7. The number of benzene rings is 1. The smallest absolute Gasteiger partial charge is 0.341 e. The first-order valence-corrected chi connectivity index (χ1v) is 3.92. The summed E-state index contributed by atoms with van der Waals surface area (Å²) in [5.41, 5.74) is -1.53. The molecule has 0 aromatic heterocycles. The van der Waals surface area contributed by atoms with E-state index in [1.165, 1.54) is 0 Å². The molecule has 0 bridgehead atoms. The van der Waals surface area contributed by atoms with Gasteiger partial charge in [-0.25, -0.2) is 22.4 Å². The second-order valence-corrected chi connectivity index (χ2v) is 3.04. The monoisotopic (exact) mass is 272 g/mol. The van der Waals surface area contributed by atoms with Crippen molar-refractivity contribution in [1.29, 1.82) is 0 Å². The quantitative estimate of drug-likeness (QED) is 0.485. The van der Waals surface area contributed by atoms with Gasteiger partial charge in [0.2, 0.25) is 0 Å². The highest BCUT2D eigenvalue weighted by molar-refractivity contribution is 9.10. The summed E-state index contributed by atoms with van der Waals surface area (Å²) >= 11 is 2.26. The molecule has 0 heterocycles. The molecule has 76 valence electrons. The fourth-order valence-electron chi connectivity index (χ4n) is 0.793. The topological polar surface area (TPSA) is 37.3 Å². The minimum atomic E-state index is -2.06. The number of aromatic carboxylic acids is 1. The number of hydrogen-bond donors (Lipinski definition) is 1. The van der Waals surface area contributed by atoms with Gasteiger partial charge < -0.3 is 5.11 Å². The Morgan fingerprint density at radius 3 is 1.93 bits per heavy atom. The Kier molecular flexibility index (Phi) is 2.79. The SMILES string of the molecule is O=C(O)c1c(F)c(F)c(F)c(Br)c1F. The molecule has 0 fully saturated rings. The maximum Gasteiger partial charge on any atom is 0.341 e. The zero-order valence-electron chi connectivity index (χ0n) is 6.25. The van der Waals surface area contributed by atoms with Crippen molar-refractivity contribution in [1.82, 2.24) is 0 Å². The normalized spacial score (nSPS) is 10.4. The molecule has 2 nitrogen and oxygen atoms in total. The van der Waals surface area contributed by atoms with Gasteiger partial charge in [-0.2, -0.15) is 0 Å². The summed E-state index contributed by atoms with van der Waals surface area (Å²) in [7, 11) is 0. The molecule has 0 aliphatic rings. The van der Waals surface area contributed by atoms with E-state index in [1.807, 2.05) is 0 Å².